The SMILES string of the molecule is CC(=O)[C@@H]1CCCc2cnnn2CCCCCC[C@@H](C)C(=O)CN1. The Bertz CT molecular complexity index is 541. The number of carbonyl (C=O) groups excluding carboxylic acids is 2. The highest BCUT2D eigenvalue weighted by atomic mass is 16.1. The molecule has 24 heavy (non-hydrogen) atoms. The van der Waals surface area contributed by atoms with Gasteiger partial charge in [-0.25, -0.2) is 4.68 Å². The molecule has 0 spiro atoms. The van der Waals surface area contributed by atoms with E-state index in [1.807, 2.05) is 17.8 Å². The van der Waals surface area contributed by atoms with Crippen molar-refractivity contribution in [3.8, 4) is 0 Å². The van der Waals surface area contributed by atoms with Gasteiger partial charge >= 0.3 is 0 Å². The van der Waals surface area contributed by atoms with Crippen LogP contribution >= 0.6 is 0 Å². The predicted octanol–water partition coefficient (Wildman–Crippen LogP) is 2.32. The van der Waals surface area contributed by atoms with E-state index in [4.69, 9.17) is 0 Å². The van der Waals surface area contributed by atoms with Gasteiger partial charge in [0, 0.05) is 12.5 Å². The van der Waals surface area contributed by atoms with Gasteiger partial charge in [0.1, 0.15) is 11.6 Å². The van der Waals surface area contributed by atoms with Crippen LogP contribution in [0.25, 0.3) is 0 Å². The van der Waals surface area contributed by atoms with Crippen molar-refractivity contribution in [2.75, 3.05) is 6.54 Å². The number of rotatable bonds is 1. The highest BCUT2D eigenvalue weighted by Gasteiger charge is 2.18. The van der Waals surface area contributed by atoms with E-state index in [2.05, 4.69) is 15.6 Å². The maximum Gasteiger partial charge on any atom is 0.149 e. The molecule has 2 rings (SSSR count). The van der Waals surface area contributed by atoms with Gasteiger partial charge < -0.3 is 5.32 Å². The summed E-state index contributed by atoms with van der Waals surface area (Å²) in [7, 11) is 0. The monoisotopic (exact) mass is 334 g/mol. The highest BCUT2D eigenvalue weighted by Crippen LogP contribution is 2.14. The molecule has 0 fully saturated rings. The summed E-state index contributed by atoms with van der Waals surface area (Å²) in [4.78, 5) is 24.0. The average Bonchev–Trinajstić information content (AvgIpc) is 2.99. The lowest BCUT2D eigenvalue weighted by Gasteiger charge is -2.18. The summed E-state index contributed by atoms with van der Waals surface area (Å²) in [6.07, 6.45) is 9.71. The van der Waals surface area contributed by atoms with Crippen LogP contribution in [-0.2, 0) is 22.6 Å². The van der Waals surface area contributed by atoms with Gasteiger partial charge in [0.2, 0.25) is 0 Å². The third kappa shape index (κ3) is 5.82. The van der Waals surface area contributed by atoms with Crippen LogP contribution in [0.2, 0.25) is 0 Å². The molecular weight excluding hydrogens is 304 g/mol. The minimum Gasteiger partial charge on any atom is -0.301 e. The standard InChI is InChI=1S/C18H30N4O2/c1-14-8-5-3-4-6-11-22-16(12-20-21-22)9-7-10-17(15(2)23)19-13-18(14)24/h12,14,17,19H,3-11,13H2,1-2H3/t14-,17+/m1/s1. The van der Waals surface area contributed by atoms with Gasteiger partial charge in [-0.3, -0.25) is 9.59 Å². The van der Waals surface area contributed by atoms with Crippen LogP contribution in [0.3, 0.4) is 0 Å². The average molecular weight is 334 g/mol. The molecule has 134 valence electrons. The summed E-state index contributed by atoms with van der Waals surface area (Å²) in [6, 6.07) is -0.238. The molecule has 0 radical (unpaired) electrons. The highest BCUT2D eigenvalue weighted by molar-refractivity contribution is 5.85. The molecular formula is C18H30N4O2. The minimum atomic E-state index is -0.238. The van der Waals surface area contributed by atoms with Crippen molar-refractivity contribution in [2.45, 2.75) is 77.8 Å². The number of fused-ring (bicyclic) bond motifs is 1. The van der Waals surface area contributed by atoms with Crippen molar-refractivity contribution >= 4 is 11.6 Å². The Balaban J connectivity index is 1.99. The van der Waals surface area contributed by atoms with E-state index in [-0.39, 0.29) is 23.5 Å². The molecule has 2 atom stereocenters. The number of hydrogen-bond acceptors (Lipinski definition) is 5. The second-order valence-electron chi connectivity index (χ2n) is 6.96. The maximum absolute atomic E-state index is 12.2. The largest absolute Gasteiger partial charge is 0.301 e. The first kappa shape index (κ1) is 18.8. The van der Waals surface area contributed by atoms with E-state index in [0.29, 0.717) is 6.54 Å². The lowest BCUT2D eigenvalue weighted by atomic mass is 9.97. The molecule has 1 N–H and O–H groups in total. The van der Waals surface area contributed by atoms with Crippen molar-refractivity contribution in [1.82, 2.24) is 20.3 Å². The lowest BCUT2D eigenvalue weighted by molar-refractivity contribution is -0.122. The summed E-state index contributed by atoms with van der Waals surface area (Å²) in [5.74, 6) is 0.388. The van der Waals surface area contributed by atoms with Gasteiger partial charge in [0.15, 0.2) is 0 Å². The summed E-state index contributed by atoms with van der Waals surface area (Å²) < 4.78 is 1.99. The summed E-state index contributed by atoms with van der Waals surface area (Å²) in [5.41, 5.74) is 1.13. The first-order valence-corrected chi connectivity index (χ1v) is 9.22. The van der Waals surface area contributed by atoms with Crippen molar-refractivity contribution in [1.29, 1.82) is 0 Å². The lowest BCUT2D eigenvalue weighted by Crippen LogP contribution is -2.40. The number of nitrogens with one attached hydrogen (secondary N) is 1. The molecule has 6 nitrogen and oxygen atoms in total. The van der Waals surface area contributed by atoms with E-state index in [1.54, 1.807) is 6.92 Å². The Morgan fingerprint density at radius 2 is 2.00 bits per heavy atom. The number of Topliss-reactive ketones (excluding diaryl/α,β-unsaturated/α-hetero) is 2. The second kappa shape index (κ2) is 9.67. The first-order valence-electron chi connectivity index (χ1n) is 9.22. The van der Waals surface area contributed by atoms with Crippen molar-refractivity contribution in [2.24, 2.45) is 5.92 Å². The van der Waals surface area contributed by atoms with E-state index in [1.165, 1.54) is 0 Å². The van der Waals surface area contributed by atoms with Crippen LogP contribution in [0.1, 0.15) is 64.5 Å². The topological polar surface area (TPSA) is 76.9 Å². The third-order valence-corrected chi connectivity index (χ3v) is 4.94. The van der Waals surface area contributed by atoms with Crippen molar-refractivity contribution in [3.63, 3.8) is 0 Å². The number of nitrogens with zero attached hydrogens (tertiary/aromatic N) is 3. The molecule has 0 aliphatic carbocycles. The third-order valence-electron chi connectivity index (χ3n) is 4.94. The van der Waals surface area contributed by atoms with E-state index >= 15 is 0 Å². The zero-order chi connectivity index (χ0) is 17.4. The number of aromatic nitrogens is 3. The zero-order valence-corrected chi connectivity index (χ0v) is 15.0. The van der Waals surface area contributed by atoms with E-state index < -0.39 is 0 Å². The number of aryl methyl sites for hydroxylation is 2. The van der Waals surface area contributed by atoms with Gasteiger partial charge in [-0.05, 0) is 39.0 Å². The normalized spacial score (nSPS) is 25.2. The molecule has 1 aromatic heterocycles. The van der Waals surface area contributed by atoms with E-state index in [9.17, 15) is 9.59 Å². The Labute approximate surface area is 144 Å². The van der Waals surface area contributed by atoms with Gasteiger partial charge in [0.05, 0.1) is 24.5 Å². The van der Waals surface area contributed by atoms with E-state index in [0.717, 1.165) is 63.6 Å². The quantitative estimate of drug-likeness (QED) is 0.853. The minimum absolute atomic E-state index is 0.0694. The summed E-state index contributed by atoms with van der Waals surface area (Å²) >= 11 is 0. The van der Waals surface area contributed by atoms with Gasteiger partial charge in [-0.1, -0.05) is 31.4 Å². The molecule has 0 amide bonds. The fourth-order valence-corrected chi connectivity index (χ4v) is 3.22. The zero-order valence-electron chi connectivity index (χ0n) is 15.0. The Morgan fingerprint density at radius 1 is 1.21 bits per heavy atom. The molecule has 6 heteroatoms. The van der Waals surface area contributed by atoms with Crippen molar-refractivity contribution < 1.29 is 9.59 Å². The Morgan fingerprint density at radius 3 is 2.79 bits per heavy atom. The maximum atomic E-state index is 12.2. The summed E-state index contributed by atoms with van der Waals surface area (Å²) in [6.45, 7) is 4.79. The molecule has 0 aromatic carbocycles. The van der Waals surface area contributed by atoms with Crippen LogP contribution in [0.15, 0.2) is 6.20 Å². The smallest absolute Gasteiger partial charge is 0.149 e. The predicted molar refractivity (Wildman–Crippen MR) is 92.7 cm³/mol. The fourth-order valence-electron chi connectivity index (χ4n) is 3.22. The Hall–Kier alpha value is -1.56. The molecule has 0 bridgehead atoms. The number of hydrogen-bond donors (Lipinski definition) is 1. The van der Waals surface area contributed by atoms with Crippen LogP contribution in [0.4, 0.5) is 0 Å². The van der Waals surface area contributed by atoms with Crippen LogP contribution in [0.5, 0.6) is 0 Å². The van der Waals surface area contributed by atoms with Crippen molar-refractivity contribution in [3.05, 3.63) is 11.9 Å². The van der Waals surface area contributed by atoms with Crippen LogP contribution < -0.4 is 5.32 Å². The second-order valence-corrected chi connectivity index (χ2v) is 6.96. The summed E-state index contributed by atoms with van der Waals surface area (Å²) in [5, 5.41) is 11.4. The Kier molecular flexibility index (Phi) is 7.56. The number of carbonyl (C=O) groups is 2. The van der Waals surface area contributed by atoms with Gasteiger partial charge in [-0.15, -0.1) is 5.10 Å². The van der Waals surface area contributed by atoms with Gasteiger partial charge in [-0.2, -0.15) is 0 Å². The molecule has 2 heterocycles. The molecule has 1 aromatic rings. The molecule has 0 saturated carbocycles. The molecule has 1 aliphatic rings. The fraction of sp³-hybridized carbons (Fsp3) is 0.778. The molecule has 0 unspecified atom stereocenters. The van der Waals surface area contributed by atoms with Gasteiger partial charge in [0.25, 0.3) is 0 Å². The van der Waals surface area contributed by atoms with Crippen LogP contribution in [0, 0.1) is 5.92 Å². The molecule has 0 saturated heterocycles. The van der Waals surface area contributed by atoms with Crippen LogP contribution in [-0.4, -0.2) is 39.1 Å². The first-order chi connectivity index (χ1) is 11.6. The number of ketones is 2. The molecule has 1 aliphatic heterocycles.